The standard InChI is InChI=1S/C22H18Cl2N6O2/c1-11-6-14(8-15(23)7-11)18-17(21(26)31)20-19(12-2-3-13(10-25)16(24)9-12)29(22(27)32)4-5-30(20)28-18/h2-3,6-9,19H,4-5H2,1H3,(H2,26,31)(H2,27,32). The number of carbonyl (C=O) groups is 2. The van der Waals surface area contributed by atoms with Gasteiger partial charge >= 0.3 is 6.03 Å². The summed E-state index contributed by atoms with van der Waals surface area (Å²) in [6.07, 6.45) is 0. The number of nitriles is 1. The predicted molar refractivity (Wildman–Crippen MR) is 120 cm³/mol. The van der Waals surface area contributed by atoms with Gasteiger partial charge in [-0.3, -0.25) is 9.48 Å². The first-order valence-corrected chi connectivity index (χ1v) is 10.4. The van der Waals surface area contributed by atoms with Crippen molar-refractivity contribution in [3.8, 4) is 17.3 Å². The third kappa shape index (κ3) is 3.66. The molecule has 4 rings (SSSR count). The van der Waals surface area contributed by atoms with E-state index in [0.29, 0.717) is 34.1 Å². The van der Waals surface area contributed by atoms with E-state index in [1.807, 2.05) is 19.1 Å². The van der Waals surface area contributed by atoms with Gasteiger partial charge in [0.25, 0.3) is 5.91 Å². The molecule has 32 heavy (non-hydrogen) atoms. The molecule has 3 amide bonds. The van der Waals surface area contributed by atoms with Crippen molar-refractivity contribution in [1.82, 2.24) is 14.7 Å². The zero-order chi connectivity index (χ0) is 23.2. The number of hydrogen-bond acceptors (Lipinski definition) is 4. The van der Waals surface area contributed by atoms with Crippen molar-refractivity contribution < 1.29 is 9.59 Å². The normalized spacial score (nSPS) is 15.2. The van der Waals surface area contributed by atoms with Crippen molar-refractivity contribution >= 4 is 35.1 Å². The summed E-state index contributed by atoms with van der Waals surface area (Å²) in [6.45, 7) is 2.46. The molecule has 3 aromatic rings. The predicted octanol–water partition coefficient (Wildman–Crippen LogP) is 3.62. The molecule has 10 heteroatoms. The van der Waals surface area contributed by atoms with Crippen molar-refractivity contribution in [3.63, 3.8) is 0 Å². The van der Waals surface area contributed by atoms with Gasteiger partial charge in [-0.25, -0.2) is 4.79 Å². The molecule has 1 aliphatic heterocycles. The van der Waals surface area contributed by atoms with Crippen LogP contribution in [0.15, 0.2) is 36.4 Å². The molecule has 1 unspecified atom stereocenters. The first-order chi connectivity index (χ1) is 15.2. The number of aryl methyl sites for hydroxylation is 1. The molecular formula is C22H18Cl2N6O2. The summed E-state index contributed by atoms with van der Waals surface area (Å²) in [7, 11) is 0. The Bertz CT molecular complexity index is 1290. The summed E-state index contributed by atoms with van der Waals surface area (Å²) in [5.41, 5.74) is 14.8. The Balaban J connectivity index is 1.99. The van der Waals surface area contributed by atoms with E-state index < -0.39 is 18.0 Å². The van der Waals surface area contributed by atoms with Crippen LogP contribution in [0.1, 0.15) is 38.8 Å². The third-order valence-corrected chi connectivity index (χ3v) is 5.92. The van der Waals surface area contributed by atoms with Crippen LogP contribution in [0.4, 0.5) is 4.79 Å². The Labute approximate surface area is 193 Å². The number of nitrogens with zero attached hydrogens (tertiary/aromatic N) is 4. The fourth-order valence-corrected chi connectivity index (χ4v) is 4.61. The third-order valence-electron chi connectivity index (χ3n) is 5.39. The van der Waals surface area contributed by atoms with Crippen molar-refractivity contribution in [2.45, 2.75) is 19.5 Å². The number of rotatable bonds is 3. The molecule has 1 atom stereocenters. The van der Waals surface area contributed by atoms with Crippen molar-refractivity contribution in [3.05, 3.63) is 74.4 Å². The van der Waals surface area contributed by atoms with E-state index in [1.54, 1.807) is 35.0 Å². The zero-order valence-electron chi connectivity index (χ0n) is 17.0. The SMILES string of the molecule is Cc1cc(Cl)cc(-c2nn3c(c2C(N)=O)C(c2ccc(C#N)c(Cl)c2)N(C(N)=O)CC3)c1. The molecule has 0 saturated heterocycles. The summed E-state index contributed by atoms with van der Waals surface area (Å²) >= 11 is 12.5. The van der Waals surface area contributed by atoms with E-state index in [-0.39, 0.29) is 22.7 Å². The van der Waals surface area contributed by atoms with Gasteiger partial charge in [0.05, 0.1) is 28.4 Å². The molecule has 0 spiro atoms. The number of benzene rings is 2. The maximum absolute atomic E-state index is 12.7. The van der Waals surface area contributed by atoms with Crippen LogP contribution < -0.4 is 11.5 Å². The average molecular weight is 469 g/mol. The topological polar surface area (TPSA) is 131 Å². The summed E-state index contributed by atoms with van der Waals surface area (Å²) in [4.78, 5) is 26.4. The number of carbonyl (C=O) groups excluding carboxylic acids is 2. The van der Waals surface area contributed by atoms with Gasteiger partial charge in [0.1, 0.15) is 17.8 Å². The minimum absolute atomic E-state index is 0.170. The lowest BCUT2D eigenvalue weighted by molar-refractivity contribution is 0.0995. The maximum atomic E-state index is 12.7. The summed E-state index contributed by atoms with van der Waals surface area (Å²) in [6, 6.07) is 10.7. The Morgan fingerprint density at radius 2 is 1.91 bits per heavy atom. The van der Waals surface area contributed by atoms with E-state index in [2.05, 4.69) is 5.10 Å². The Hall–Kier alpha value is -3.54. The van der Waals surface area contributed by atoms with Crippen LogP contribution in [0.3, 0.4) is 0 Å². The lowest BCUT2D eigenvalue weighted by atomic mass is 9.94. The molecular weight excluding hydrogens is 451 g/mol. The molecule has 1 aliphatic rings. The van der Waals surface area contributed by atoms with Gasteiger partial charge in [-0.15, -0.1) is 0 Å². The highest BCUT2D eigenvalue weighted by Crippen LogP contribution is 2.39. The van der Waals surface area contributed by atoms with Crippen LogP contribution in [0.2, 0.25) is 10.0 Å². The van der Waals surface area contributed by atoms with Gasteiger partial charge in [-0.2, -0.15) is 10.4 Å². The van der Waals surface area contributed by atoms with E-state index in [0.717, 1.165) is 5.56 Å². The highest BCUT2D eigenvalue weighted by atomic mass is 35.5. The minimum Gasteiger partial charge on any atom is -0.365 e. The van der Waals surface area contributed by atoms with Gasteiger partial charge in [0.2, 0.25) is 0 Å². The number of nitrogens with two attached hydrogens (primary N) is 2. The van der Waals surface area contributed by atoms with Crippen LogP contribution in [-0.2, 0) is 6.54 Å². The number of amides is 3. The minimum atomic E-state index is -0.768. The van der Waals surface area contributed by atoms with E-state index in [1.165, 1.54) is 4.90 Å². The Kier molecular flexibility index (Phi) is 5.55. The lowest BCUT2D eigenvalue weighted by Crippen LogP contribution is -2.46. The summed E-state index contributed by atoms with van der Waals surface area (Å²) in [5.74, 6) is -0.699. The largest absolute Gasteiger partial charge is 0.365 e. The summed E-state index contributed by atoms with van der Waals surface area (Å²) < 4.78 is 1.65. The van der Waals surface area contributed by atoms with E-state index >= 15 is 0 Å². The smallest absolute Gasteiger partial charge is 0.315 e. The number of urea groups is 1. The van der Waals surface area contributed by atoms with Crippen molar-refractivity contribution in [2.24, 2.45) is 11.5 Å². The van der Waals surface area contributed by atoms with Gasteiger partial charge in [0, 0.05) is 17.1 Å². The van der Waals surface area contributed by atoms with Gasteiger partial charge in [0.15, 0.2) is 0 Å². The Morgan fingerprint density at radius 1 is 1.16 bits per heavy atom. The molecule has 4 N–H and O–H groups in total. The van der Waals surface area contributed by atoms with Crippen molar-refractivity contribution in [1.29, 1.82) is 5.26 Å². The van der Waals surface area contributed by atoms with Gasteiger partial charge < -0.3 is 16.4 Å². The molecule has 2 heterocycles. The Morgan fingerprint density at radius 3 is 2.50 bits per heavy atom. The van der Waals surface area contributed by atoms with Crippen LogP contribution in [0.5, 0.6) is 0 Å². The molecule has 8 nitrogen and oxygen atoms in total. The van der Waals surface area contributed by atoms with E-state index in [9.17, 15) is 14.9 Å². The molecule has 1 aromatic heterocycles. The van der Waals surface area contributed by atoms with Crippen LogP contribution in [0.25, 0.3) is 11.3 Å². The number of hydrogen-bond donors (Lipinski definition) is 2. The second-order valence-corrected chi connectivity index (χ2v) is 8.34. The van der Waals surface area contributed by atoms with E-state index in [4.69, 9.17) is 34.7 Å². The maximum Gasteiger partial charge on any atom is 0.315 e. The average Bonchev–Trinajstić information content (AvgIpc) is 3.12. The quantitative estimate of drug-likeness (QED) is 0.607. The first-order valence-electron chi connectivity index (χ1n) is 9.65. The highest BCUT2D eigenvalue weighted by molar-refractivity contribution is 6.31. The fraction of sp³-hybridized carbons (Fsp3) is 0.182. The van der Waals surface area contributed by atoms with Gasteiger partial charge in [-0.05, 0) is 48.4 Å². The van der Waals surface area contributed by atoms with Crippen LogP contribution in [-0.4, -0.2) is 33.2 Å². The number of primary amides is 2. The molecule has 0 radical (unpaired) electrons. The summed E-state index contributed by atoms with van der Waals surface area (Å²) in [5, 5.41) is 14.6. The molecule has 2 aromatic carbocycles. The zero-order valence-corrected chi connectivity index (χ0v) is 18.5. The highest BCUT2D eigenvalue weighted by Gasteiger charge is 2.38. The second-order valence-electron chi connectivity index (χ2n) is 7.50. The van der Waals surface area contributed by atoms with Crippen LogP contribution in [0, 0.1) is 18.3 Å². The lowest BCUT2D eigenvalue weighted by Gasteiger charge is -2.35. The van der Waals surface area contributed by atoms with Crippen molar-refractivity contribution in [2.75, 3.05) is 6.54 Å². The second kappa shape index (κ2) is 8.19. The molecule has 0 bridgehead atoms. The first kappa shape index (κ1) is 21.7. The molecule has 0 aliphatic carbocycles. The molecule has 0 saturated carbocycles. The van der Waals surface area contributed by atoms with Crippen LogP contribution >= 0.6 is 23.2 Å². The monoisotopic (exact) mass is 468 g/mol. The molecule has 0 fully saturated rings. The fourth-order valence-electron chi connectivity index (χ4n) is 4.09. The molecule has 162 valence electrons. The number of aromatic nitrogens is 2. The van der Waals surface area contributed by atoms with Gasteiger partial charge in [-0.1, -0.05) is 29.3 Å². The number of fused-ring (bicyclic) bond motifs is 1. The number of halogens is 2.